The molecule has 2 atom stereocenters. The number of carbonyl (C=O) groups excluding carboxylic acids is 2. The number of nitrogens with zero attached hydrogens (tertiary/aromatic N) is 2. The molecule has 0 radical (unpaired) electrons. The number of nitrogens with one attached hydrogen (secondary N) is 1. The number of hydrogen-bond donors (Lipinski definition) is 2. The highest BCUT2D eigenvalue weighted by atomic mass is 35.5. The van der Waals surface area contributed by atoms with Crippen LogP contribution in [0.1, 0.15) is 43.0 Å². The van der Waals surface area contributed by atoms with Crippen molar-refractivity contribution < 1.29 is 9.59 Å². The number of nitrogen functional groups attached to an aromatic ring is 1. The molecule has 0 bridgehead atoms. The largest absolute Gasteiger partial charge is 0.399 e. The second kappa shape index (κ2) is 11.5. The average molecular weight is 431 g/mol. The van der Waals surface area contributed by atoms with E-state index in [0.717, 1.165) is 25.9 Å². The van der Waals surface area contributed by atoms with Crippen molar-refractivity contribution >= 4 is 42.3 Å². The summed E-state index contributed by atoms with van der Waals surface area (Å²) in [6.45, 7) is 5.41. The Kier molecular flexibility index (Phi) is 10.1. The predicted octanol–water partition coefficient (Wildman–Crippen LogP) is 2.57. The van der Waals surface area contributed by atoms with Crippen molar-refractivity contribution in [2.75, 3.05) is 38.5 Å². The summed E-state index contributed by atoms with van der Waals surface area (Å²) in [6.07, 6.45) is 4.67. The van der Waals surface area contributed by atoms with Crippen LogP contribution in [0.2, 0.25) is 0 Å². The minimum Gasteiger partial charge on any atom is -0.399 e. The van der Waals surface area contributed by atoms with Gasteiger partial charge in [-0.3, -0.25) is 14.5 Å². The van der Waals surface area contributed by atoms with Crippen LogP contribution in [0.15, 0.2) is 24.3 Å². The maximum atomic E-state index is 12.5. The van der Waals surface area contributed by atoms with E-state index in [4.69, 9.17) is 5.73 Å². The van der Waals surface area contributed by atoms with Gasteiger partial charge >= 0.3 is 0 Å². The molecule has 1 aromatic rings. The predicted molar refractivity (Wildman–Crippen MR) is 117 cm³/mol. The summed E-state index contributed by atoms with van der Waals surface area (Å²) in [6, 6.07) is 7.42. The Morgan fingerprint density at radius 3 is 2.50 bits per heavy atom. The molecule has 158 valence electrons. The molecule has 28 heavy (non-hydrogen) atoms. The highest BCUT2D eigenvalue weighted by Crippen LogP contribution is 2.23. The molecule has 2 aliphatic rings. The van der Waals surface area contributed by atoms with Gasteiger partial charge in [-0.25, -0.2) is 0 Å². The number of hydrogen-bond acceptors (Lipinski definition) is 4. The van der Waals surface area contributed by atoms with Crippen LogP contribution in [0.25, 0.3) is 0 Å². The van der Waals surface area contributed by atoms with Crippen molar-refractivity contribution in [2.45, 2.75) is 38.6 Å². The fraction of sp³-hybridized carbons (Fsp3) is 0.600. The van der Waals surface area contributed by atoms with E-state index >= 15 is 0 Å². The van der Waals surface area contributed by atoms with Crippen molar-refractivity contribution in [3.05, 3.63) is 29.8 Å². The Morgan fingerprint density at radius 1 is 1.14 bits per heavy atom. The summed E-state index contributed by atoms with van der Waals surface area (Å²) in [5, 5.41) is 3.19. The summed E-state index contributed by atoms with van der Waals surface area (Å²) >= 11 is 0. The van der Waals surface area contributed by atoms with Gasteiger partial charge in [0.2, 0.25) is 5.91 Å². The van der Waals surface area contributed by atoms with Crippen molar-refractivity contribution in [2.24, 2.45) is 5.92 Å². The number of rotatable bonds is 4. The first-order valence-corrected chi connectivity index (χ1v) is 9.68. The van der Waals surface area contributed by atoms with Crippen LogP contribution in [0.5, 0.6) is 0 Å². The van der Waals surface area contributed by atoms with Crippen LogP contribution in [0, 0.1) is 5.92 Å². The Bertz CT molecular complexity index is 651. The zero-order valence-corrected chi connectivity index (χ0v) is 18.1. The molecule has 2 amide bonds. The van der Waals surface area contributed by atoms with Gasteiger partial charge in [-0.15, -0.1) is 24.8 Å². The monoisotopic (exact) mass is 430 g/mol. The molecule has 8 heteroatoms. The Morgan fingerprint density at radius 2 is 1.86 bits per heavy atom. The molecule has 3 rings (SSSR count). The van der Waals surface area contributed by atoms with Crippen LogP contribution in [0.3, 0.4) is 0 Å². The lowest BCUT2D eigenvalue weighted by Crippen LogP contribution is -2.52. The van der Waals surface area contributed by atoms with Crippen LogP contribution in [0.4, 0.5) is 5.69 Å². The molecular weight excluding hydrogens is 399 g/mol. The Labute approximate surface area is 180 Å². The molecular formula is C20H32Cl2N4O2. The van der Waals surface area contributed by atoms with E-state index in [1.54, 1.807) is 24.3 Å². The van der Waals surface area contributed by atoms with Gasteiger partial charge in [-0.1, -0.05) is 25.8 Å². The van der Waals surface area contributed by atoms with Gasteiger partial charge in [-0.05, 0) is 37.0 Å². The molecule has 3 N–H and O–H groups in total. The van der Waals surface area contributed by atoms with E-state index in [0.29, 0.717) is 42.8 Å². The topological polar surface area (TPSA) is 78.7 Å². The second-order valence-corrected chi connectivity index (χ2v) is 7.73. The van der Waals surface area contributed by atoms with E-state index in [-0.39, 0.29) is 36.6 Å². The Balaban J connectivity index is 0.00000196. The van der Waals surface area contributed by atoms with E-state index in [9.17, 15) is 9.59 Å². The fourth-order valence-corrected chi connectivity index (χ4v) is 4.00. The third-order valence-electron chi connectivity index (χ3n) is 5.46. The Hall–Kier alpha value is -1.50. The van der Waals surface area contributed by atoms with E-state index in [1.165, 1.54) is 12.8 Å². The van der Waals surface area contributed by atoms with Crippen LogP contribution in [-0.2, 0) is 4.79 Å². The van der Waals surface area contributed by atoms with Gasteiger partial charge in [0.05, 0.1) is 6.54 Å². The second-order valence-electron chi connectivity index (χ2n) is 7.73. The van der Waals surface area contributed by atoms with Crippen molar-refractivity contribution in [3.63, 3.8) is 0 Å². The molecule has 1 aromatic carbocycles. The summed E-state index contributed by atoms with van der Waals surface area (Å²) in [7, 11) is 0. The molecule has 2 unspecified atom stereocenters. The van der Waals surface area contributed by atoms with Crippen LogP contribution >= 0.6 is 24.8 Å². The maximum absolute atomic E-state index is 12.5. The third kappa shape index (κ3) is 6.83. The summed E-state index contributed by atoms with van der Waals surface area (Å²) in [4.78, 5) is 28.8. The number of halogens is 2. The van der Waals surface area contributed by atoms with Gasteiger partial charge < -0.3 is 16.0 Å². The lowest BCUT2D eigenvalue weighted by molar-refractivity contribution is -0.123. The van der Waals surface area contributed by atoms with Gasteiger partial charge in [0.25, 0.3) is 5.91 Å². The lowest BCUT2D eigenvalue weighted by atomic mass is 9.87. The third-order valence-corrected chi connectivity index (χ3v) is 5.46. The minimum absolute atomic E-state index is 0. The lowest BCUT2D eigenvalue weighted by Gasteiger charge is -2.35. The van der Waals surface area contributed by atoms with Gasteiger partial charge in [-0.2, -0.15) is 0 Å². The summed E-state index contributed by atoms with van der Waals surface area (Å²) in [5.41, 5.74) is 6.99. The molecule has 0 aromatic heterocycles. The summed E-state index contributed by atoms with van der Waals surface area (Å²) < 4.78 is 0. The first kappa shape index (κ1) is 24.5. The maximum Gasteiger partial charge on any atom is 0.254 e. The molecule has 1 aliphatic carbocycles. The number of amides is 2. The number of carbonyl (C=O) groups is 2. The molecule has 1 aliphatic heterocycles. The standard InChI is InChI=1S/C20H30N4O2.2ClH/c1-15-4-2-7-18(12-15)22-19(25)14-23-8-10-24(11-9-23)20(26)16-5-3-6-17(21)13-16;;/h3,5-6,13,15,18H,2,4,7-12,14,21H2,1H3,(H,22,25);2*1H. The molecule has 1 saturated carbocycles. The molecule has 2 fully saturated rings. The van der Waals surface area contributed by atoms with E-state index in [1.807, 2.05) is 4.90 Å². The van der Waals surface area contributed by atoms with E-state index < -0.39 is 0 Å². The highest BCUT2D eigenvalue weighted by molar-refractivity contribution is 5.95. The van der Waals surface area contributed by atoms with Gasteiger partial charge in [0.15, 0.2) is 0 Å². The molecule has 1 heterocycles. The molecule has 0 spiro atoms. The fourth-order valence-electron chi connectivity index (χ4n) is 4.00. The SMILES string of the molecule is CC1CCCC(NC(=O)CN2CCN(C(=O)c3cccc(N)c3)CC2)C1.Cl.Cl. The van der Waals surface area contributed by atoms with Crippen LogP contribution in [-0.4, -0.2) is 60.4 Å². The summed E-state index contributed by atoms with van der Waals surface area (Å²) in [5.74, 6) is 0.827. The minimum atomic E-state index is 0. The van der Waals surface area contributed by atoms with Gasteiger partial charge in [0.1, 0.15) is 0 Å². The van der Waals surface area contributed by atoms with E-state index in [2.05, 4.69) is 17.1 Å². The quantitative estimate of drug-likeness (QED) is 0.719. The number of piperazine rings is 1. The first-order chi connectivity index (χ1) is 12.5. The number of nitrogens with two attached hydrogens (primary N) is 1. The zero-order chi connectivity index (χ0) is 18.5. The van der Waals surface area contributed by atoms with Crippen molar-refractivity contribution in [1.29, 1.82) is 0 Å². The van der Waals surface area contributed by atoms with Crippen molar-refractivity contribution in [1.82, 2.24) is 15.1 Å². The normalized spacial score (nSPS) is 22.5. The van der Waals surface area contributed by atoms with Gasteiger partial charge in [0, 0.05) is 43.5 Å². The smallest absolute Gasteiger partial charge is 0.254 e. The number of benzene rings is 1. The highest BCUT2D eigenvalue weighted by Gasteiger charge is 2.25. The zero-order valence-electron chi connectivity index (χ0n) is 16.4. The van der Waals surface area contributed by atoms with Crippen molar-refractivity contribution in [3.8, 4) is 0 Å². The molecule has 1 saturated heterocycles. The van der Waals surface area contributed by atoms with Crippen LogP contribution < -0.4 is 11.1 Å². The first-order valence-electron chi connectivity index (χ1n) is 9.68. The number of anilines is 1. The average Bonchev–Trinajstić information content (AvgIpc) is 2.61. The molecule has 6 nitrogen and oxygen atoms in total.